The molecule has 5 nitrogen and oxygen atoms in total. The van der Waals surface area contributed by atoms with Crippen molar-refractivity contribution in [2.24, 2.45) is 0 Å². The molecule has 0 bridgehead atoms. The molecule has 3 aromatic rings. The zero-order chi connectivity index (χ0) is 14.5. The molecule has 3 aromatic carbocycles. The van der Waals surface area contributed by atoms with Crippen molar-refractivity contribution in [1.82, 2.24) is 0 Å². The number of fused-ring (bicyclic) bond motifs is 2. The van der Waals surface area contributed by atoms with Gasteiger partial charge < -0.3 is 14.8 Å². The van der Waals surface area contributed by atoms with Crippen LogP contribution in [0.2, 0.25) is 0 Å². The van der Waals surface area contributed by atoms with Crippen molar-refractivity contribution in [3.8, 4) is 11.5 Å². The van der Waals surface area contributed by atoms with Crippen LogP contribution >= 0.6 is 0 Å². The SMILES string of the molecule is O=S(=O)([O-])c1ccc2c(O)c3ccccc3c(O)c2c1.[K+]. The van der Waals surface area contributed by atoms with E-state index in [0.717, 1.165) is 12.1 Å². The fourth-order valence-corrected chi connectivity index (χ4v) is 2.76. The second kappa shape index (κ2) is 5.84. The van der Waals surface area contributed by atoms with Crippen molar-refractivity contribution in [3.63, 3.8) is 0 Å². The molecule has 0 heterocycles. The predicted octanol–water partition coefficient (Wildman–Crippen LogP) is -0.688. The van der Waals surface area contributed by atoms with Crippen LogP contribution in [0.1, 0.15) is 0 Å². The van der Waals surface area contributed by atoms with Crippen LogP contribution in [0, 0.1) is 0 Å². The first kappa shape index (κ1) is 16.7. The Balaban J connectivity index is 0.00000161. The summed E-state index contributed by atoms with van der Waals surface area (Å²) in [7, 11) is -4.62. The van der Waals surface area contributed by atoms with Gasteiger partial charge in [-0.1, -0.05) is 24.3 Å². The van der Waals surface area contributed by atoms with Crippen LogP contribution in [-0.2, 0) is 10.1 Å². The average Bonchev–Trinajstić information content (AvgIpc) is 2.43. The van der Waals surface area contributed by atoms with Crippen molar-refractivity contribution in [3.05, 3.63) is 42.5 Å². The molecule has 0 unspecified atom stereocenters. The summed E-state index contributed by atoms with van der Waals surface area (Å²) in [6.45, 7) is 0. The number of rotatable bonds is 1. The molecule has 0 atom stereocenters. The van der Waals surface area contributed by atoms with Gasteiger partial charge in [0.15, 0.2) is 0 Å². The monoisotopic (exact) mass is 328 g/mol. The summed E-state index contributed by atoms with van der Waals surface area (Å²) in [5.41, 5.74) is 0. The number of hydrogen-bond donors (Lipinski definition) is 2. The van der Waals surface area contributed by atoms with Crippen molar-refractivity contribution >= 4 is 31.7 Å². The van der Waals surface area contributed by atoms with Crippen LogP contribution in [0.5, 0.6) is 11.5 Å². The third kappa shape index (κ3) is 2.82. The largest absolute Gasteiger partial charge is 1.00 e. The maximum atomic E-state index is 11.0. The summed E-state index contributed by atoms with van der Waals surface area (Å²) < 4.78 is 33.1. The number of phenols is 2. The first-order chi connectivity index (χ1) is 9.39. The fraction of sp³-hybridized carbons (Fsp3) is 0. The van der Waals surface area contributed by atoms with Crippen molar-refractivity contribution in [2.45, 2.75) is 4.90 Å². The first-order valence-electron chi connectivity index (χ1n) is 5.72. The number of phenolic OH excluding ortho intramolecular Hbond substituents is 2. The molecule has 2 N–H and O–H groups in total. The standard InChI is InChI=1S/C14H10O5S.K/c15-13-9-3-1-2-4-10(9)14(16)12-7-8(20(17,18)19)5-6-11(12)13;/h1-7,15-16H,(H,17,18,19);/q;+1/p-1. The van der Waals surface area contributed by atoms with Crippen molar-refractivity contribution in [2.75, 3.05) is 0 Å². The summed E-state index contributed by atoms with van der Waals surface area (Å²) >= 11 is 0. The maximum absolute atomic E-state index is 11.0. The second-order valence-corrected chi connectivity index (χ2v) is 5.78. The number of hydrogen-bond acceptors (Lipinski definition) is 5. The van der Waals surface area contributed by atoms with E-state index in [-0.39, 0.29) is 73.7 Å². The molecule has 0 aliphatic carbocycles. The summed E-state index contributed by atoms with van der Waals surface area (Å²) in [5, 5.41) is 21.7. The zero-order valence-corrected chi connectivity index (χ0v) is 15.0. The Labute approximate surface area is 163 Å². The van der Waals surface area contributed by atoms with Crippen LogP contribution in [0.3, 0.4) is 0 Å². The molecular weight excluding hydrogens is 319 g/mol. The molecule has 0 spiro atoms. The quantitative estimate of drug-likeness (QED) is 0.267. The van der Waals surface area contributed by atoms with Crippen LogP contribution in [0.25, 0.3) is 21.5 Å². The van der Waals surface area contributed by atoms with Gasteiger partial charge in [-0.05, 0) is 18.2 Å². The van der Waals surface area contributed by atoms with Crippen LogP contribution in [0.15, 0.2) is 47.4 Å². The maximum Gasteiger partial charge on any atom is 1.00 e. The molecule has 21 heavy (non-hydrogen) atoms. The van der Waals surface area contributed by atoms with Gasteiger partial charge in [0, 0.05) is 21.5 Å². The first-order valence-corrected chi connectivity index (χ1v) is 7.12. The molecule has 0 radical (unpaired) electrons. The van der Waals surface area contributed by atoms with E-state index >= 15 is 0 Å². The van der Waals surface area contributed by atoms with Gasteiger partial charge >= 0.3 is 51.4 Å². The van der Waals surface area contributed by atoms with Gasteiger partial charge in [-0.15, -0.1) is 0 Å². The molecule has 0 aliphatic rings. The topological polar surface area (TPSA) is 97.7 Å². The second-order valence-electron chi connectivity index (χ2n) is 4.40. The Hall–Kier alpha value is -0.674. The summed E-state index contributed by atoms with van der Waals surface area (Å²) in [6.07, 6.45) is 0. The van der Waals surface area contributed by atoms with E-state index in [9.17, 15) is 23.2 Å². The van der Waals surface area contributed by atoms with E-state index < -0.39 is 15.0 Å². The van der Waals surface area contributed by atoms with Crippen molar-refractivity contribution in [1.29, 1.82) is 0 Å². The van der Waals surface area contributed by atoms with Gasteiger partial charge in [0.2, 0.25) is 0 Å². The van der Waals surface area contributed by atoms with E-state index in [1.165, 1.54) is 6.07 Å². The van der Waals surface area contributed by atoms with Gasteiger partial charge in [0.1, 0.15) is 21.6 Å². The predicted molar refractivity (Wildman–Crippen MR) is 72.7 cm³/mol. The van der Waals surface area contributed by atoms with E-state index in [2.05, 4.69) is 0 Å². The fourth-order valence-electron chi connectivity index (χ4n) is 2.27. The van der Waals surface area contributed by atoms with E-state index in [4.69, 9.17) is 0 Å². The molecule has 3 rings (SSSR count). The third-order valence-corrected chi connectivity index (χ3v) is 4.06. The summed E-state index contributed by atoms with van der Waals surface area (Å²) in [4.78, 5) is -0.449. The molecular formula is C14H9KO5S. The minimum absolute atomic E-state index is 0. The van der Waals surface area contributed by atoms with Crippen LogP contribution in [0.4, 0.5) is 0 Å². The van der Waals surface area contributed by atoms with Gasteiger partial charge in [-0.25, -0.2) is 8.42 Å². The Bertz CT molecular complexity index is 950. The molecule has 0 aliphatic heterocycles. The smallest absolute Gasteiger partial charge is 0.744 e. The molecule has 0 fully saturated rings. The molecule has 7 heteroatoms. The van der Waals surface area contributed by atoms with Gasteiger partial charge in [-0.2, -0.15) is 0 Å². The van der Waals surface area contributed by atoms with Gasteiger partial charge in [0.05, 0.1) is 4.90 Å². The normalized spacial score (nSPS) is 11.5. The molecule has 0 saturated heterocycles. The van der Waals surface area contributed by atoms with E-state index in [1.807, 2.05) is 0 Å². The average molecular weight is 328 g/mol. The Morgan fingerprint density at radius 1 is 0.810 bits per heavy atom. The molecule has 0 amide bonds. The Kier molecular flexibility index (Phi) is 4.65. The minimum atomic E-state index is -4.62. The molecule has 0 saturated carbocycles. The van der Waals surface area contributed by atoms with Gasteiger partial charge in [-0.3, -0.25) is 0 Å². The summed E-state index contributed by atoms with van der Waals surface area (Å²) in [6, 6.07) is 10.1. The Morgan fingerprint density at radius 3 is 1.81 bits per heavy atom. The summed E-state index contributed by atoms with van der Waals surface area (Å²) in [5.74, 6) is -0.234. The Morgan fingerprint density at radius 2 is 1.29 bits per heavy atom. The third-order valence-electron chi connectivity index (χ3n) is 3.23. The van der Waals surface area contributed by atoms with Crippen molar-refractivity contribution < 1.29 is 74.6 Å². The van der Waals surface area contributed by atoms with Crippen LogP contribution < -0.4 is 51.4 Å². The molecule has 102 valence electrons. The number of benzene rings is 3. The number of aromatic hydroxyl groups is 2. The van der Waals surface area contributed by atoms with Crippen LogP contribution in [-0.4, -0.2) is 23.2 Å². The van der Waals surface area contributed by atoms with E-state index in [1.54, 1.807) is 24.3 Å². The minimum Gasteiger partial charge on any atom is -0.744 e. The van der Waals surface area contributed by atoms with E-state index in [0.29, 0.717) is 10.8 Å². The van der Waals surface area contributed by atoms with Gasteiger partial charge in [0.25, 0.3) is 0 Å². The molecule has 0 aromatic heterocycles. The zero-order valence-electron chi connectivity index (χ0n) is 11.1.